The van der Waals surface area contributed by atoms with Gasteiger partial charge in [0.25, 0.3) is 0 Å². The van der Waals surface area contributed by atoms with E-state index in [1.54, 1.807) is 6.20 Å². The zero-order chi connectivity index (χ0) is 14.0. The Labute approximate surface area is 110 Å². The maximum absolute atomic E-state index is 13.6. The lowest BCUT2D eigenvalue weighted by atomic mass is 10.3. The number of nitrogens with zero attached hydrogens (tertiary/aromatic N) is 2. The first-order chi connectivity index (χ1) is 8.91. The molecule has 0 amide bonds. The monoisotopic (exact) mass is 284 g/mol. The van der Waals surface area contributed by atoms with Crippen molar-refractivity contribution in [3.05, 3.63) is 42.2 Å². The summed E-state index contributed by atoms with van der Waals surface area (Å²) in [6, 6.07) is 3.44. The van der Waals surface area contributed by atoms with Crippen LogP contribution in [0.1, 0.15) is 5.82 Å². The maximum atomic E-state index is 13.6. The molecule has 1 aromatic heterocycles. The molecule has 2 rings (SSSR count). The van der Waals surface area contributed by atoms with Crippen molar-refractivity contribution in [3.8, 4) is 0 Å². The Hall–Kier alpha value is -1.93. The lowest BCUT2D eigenvalue weighted by Gasteiger charge is -2.16. The van der Waals surface area contributed by atoms with E-state index in [1.165, 1.54) is 19.3 Å². The van der Waals surface area contributed by atoms with Crippen LogP contribution in [0.5, 0.6) is 0 Å². The summed E-state index contributed by atoms with van der Waals surface area (Å²) >= 11 is 0. The summed E-state index contributed by atoms with van der Waals surface area (Å²) in [4.78, 5) is 6.26. The van der Waals surface area contributed by atoms with E-state index in [9.17, 15) is 12.8 Å². The molecule has 0 saturated heterocycles. The summed E-state index contributed by atoms with van der Waals surface area (Å²) in [5, 5.41) is 0. The number of anilines is 1. The second-order valence-corrected chi connectivity index (χ2v) is 6.00. The number of hydrogen-bond acceptors (Lipinski definition) is 4. The van der Waals surface area contributed by atoms with E-state index in [4.69, 9.17) is 5.73 Å². The summed E-state index contributed by atoms with van der Waals surface area (Å²) in [7, 11) is -2.60. The Morgan fingerprint density at radius 1 is 1.47 bits per heavy atom. The molecule has 6 nitrogen and oxygen atoms in total. The van der Waals surface area contributed by atoms with Gasteiger partial charge in [-0.15, -0.1) is 0 Å². The quantitative estimate of drug-likeness (QED) is 0.818. The Balaban J connectivity index is 2.33. The van der Waals surface area contributed by atoms with Gasteiger partial charge in [-0.05, 0) is 18.2 Å². The Bertz CT molecular complexity index is 670. The highest BCUT2D eigenvalue weighted by atomic mass is 32.2. The fourth-order valence-electron chi connectivity index (χ4n) is 1.57. The summed E-state index contributed by atoms with van der Waals surface area (Å²) < 4.78 is 39.1. The number of imidazole rings is 1. The van der Waals surface area contributed by atoms with Crippen LogP contribution in [0, 0.1) is 5.82 Å². The molecule has 0 unspecified atom stereocenters. The van der Waals surface area contributed by atoms with Crippen LogP contribution in [0.2, 0.25) is 0 Å². The van der Waals surface area contributed by atoms with Crippen molar-refractivity contribution in [2.24, 2.45) is 0 Å². The summed E-state index contributed by atoms with van der Waals surface area (Å²) in [6.45, 7) is 0.0174. The lowest BCUT2D eigenvalue weighted by molar-refractivity contribution is 0.452. The van der Waals surface area contributed by atoms with Crippen LogP contribution in [0.4, 0.5) is 10.1 Å². The number of nitrogen functional groups attached to an aromatic ring is 1. The van der Waals surface area contributed by atoms with Gasteiger partial charge in [-0.3, -0.25) is 0 Å². The average Bonchev–Trinajstić information content (AvgIpc) is 2.85. The maximum Gasteiger partial charge on any atom is 0.246 e. The highest BCUT2D eigenvalue weighted by Gasteiger charge is 2.25. The van der Waals surface area contributed by atoms with E-state index in [2.05, 4.69) is 9.97 Å². The average molecular weight is 284 g/mol. The number of nitrogens with two attached hydrogens (primary N) is 1. The van der Waals surface area contributed by atoms with Gasteiger partial charge in [0.1, 0.15) is 16.5 Å². The molecule has 0 saturated carbocycles. The third kappa shape index (κ3) is 2.74. The zero-order valence-electron chi connectivity index (χ0n) is 10.2. The molecule has 0 aliphatic rings. The standard InChI is InChI=1S/C11H13FN4O2S/c1-16(7-11-14-4-5-15-11)19(17,18)10-6-8(13)2-3-9(10)12/h2-6H,7,13H2,1H3,(H,14,15). The van der Waals surface area contributed by atoms with Gasteiger partial charge in [-0.2, -0.15) is 4.31 Å². The van der Waals surface area contributed by atoms with Crippen molar-refractivity contribution in [3.63, 3.8) is 0 Å². The van der Waals surface area contributed by atoms with Crippen LogP contribution >= 0.6 is 0 Å². The molecule has 2 aromatic rings. The van der Waals surface area contributed by atoms with E-state index >= 15 is 0 Å². The minimum Gasteiger partial charge on any atom is -0.399 e. The number of sulfonamides is 1. The molecule has 0 bridgehead atoms. The number of nitrogens with one attached hydrogen (secondary N) is 1. The number of benzene rings is 1. The van der Waals surface area contributed by atoms with Crippen LogP contribution in [0.15, 0.2) is 35.5 Å². The highest BCUT2D eigenvalue weighted by Crippen LogP contribution is 2.21. The molecule has 0 radical (unpaired) electrons. The predicted molar refractivity (Wildman–Crippen MR) is 68.1 cm³/mol. The van der Waals surface area contributed by atoms with E-state index in [1.807, 2.05) is 0 Å². The number of aromatic nitrogens is 2. The van der Waals surface area contributed by atoms with Gasteiger partial charge in [0.05, 0.1) is 6.54 Å². The molecule has 3 N–H and O–H groups in total. The molecule has 8 heteroatoms. The van der Waals surface area contributed by atoms with Crippen LogP contribution in [0.25, 0.3) is 0 Å². The first-order valence-electron chi connectivity index (χ1n) is 5.41. The molecule has 0 aliphatic carbocycles. The minimum atomic E-state index is -3.95. The van der Waals surface area contributed by atoms with Crippen molar-refractivity contribution in [1.29, 1.82) is 0 Å². The van der Waals surface area contributed by atoms with Gasteiger partial charge >= 0.3 is 0 Å². The van der Waals surface area contributed by atoms with Crippen molar-refractivity contribution in [2.45, 2.75) is 11.4 Å². The van der Waals surface area contributed by atoms with Crippen molar-refractivity contribution in [2.75, 3.05) is 12.8 Å². The van der Waals surface area contributed by atoms with Crippen LogP contribution < -0.4 is 5.73 Å². The smallest absolute Gasteiger partial charge is 0.246 e. The molecule has 19 heavy (non-hydrogen) atoms. The summed E-state index contributed by atoms with van der Waals surface area (Å²) in [5.41, 5.74) is 5.68. The van der Waals surface area contributed by atoms with Crippen LogP contribution in [-0.2, 0) is 16.6 Å². The lowest BCUT2D eigenvalue weighted by Crippen LogP contribution is -2.27. The molecule has 0 spiro atoms. The largest absolute Gasteiger partial charge is 0.399 e. The second kappa shape index (κ2) is 4.98. The van der Waals surface area contributed by atoms with E-state index < -0.39 is 20.7 Å². The van der Waals surface area contributed by atoms with Gasteiger partial charge in [0.2, 0.25) is 10.0 Å². The van der Waals surface area contributed by atoms with Crippen LogP contribution in [-0.4, -0.2) is 29.7 Å². The number of H-pyrrole nitrogens is 1. The van der Waals surface area contributed by atoms with Gasteiger partial charge in [-0.1, -0.05) is 0 Å². The van der Waals surface area contributed by atoms with E-state index in [0.717, 1.165) is 16.4 Å². The first kappa shape index (κ1) is 13.5. The Morgan fingerprint density at radius 2 is 2.21 bits per heavy atom. The van der Waals surface area contributed by atoms with Crippen LogP contribution in [0.3, 0.4) is 0 Å². The summed E-state index contributed by atoms with van der Waals surface area (Å²) in [5.74, 6) is -0.365. The Kier molecular flexibility index (Phi) is 3.54. The third-order valence-electron chi connectivity index (χ3n) is 2.57. The molecule has 0 atom stereocenters. The van der Waals surface area contributed by atoms with E-state index in [0.29, 0.717) is 5.82 Å². The normalized spacial score (nSPS) is 11.9. The summed E-state index contributed by atoms with van der Waals surface area (Å²) in [6.07, 6.45) is 3.09. The van der Waals surface area contributed by atoms with E-state index in [-0.39, 0.29) is 12.2 Å². The number of halogens is 1. The fraction of sp³-hybridized carbons (Fsp3) is 0.182. The number of aromatic amines is 1. The van der Waals surface area contributed by atoms with Gasteiger partial charge in [0.15, 0.2) is 0 Å². The van der Waals surface area contributed by atoms with Crippen molar-refractivity contribution in [1.82, 2.24) is 14.3 Å². The number of rotatable bonds is 4. The predicted octanol–water partition coefficient (Wildman–Crippen LogP) is 0.952. The zero-order valence-corrected chi connectivity index (χ0v) is 11.0. The van der Waals surface area contributed by atoms with Gasteiger partial charge in [-0.25, -0.2) is 17.8 Å². The fourth-order valence-corrected chi connectivity index (χ4v) is 2.79. The molecule has 1 aromatic carbocycles. The SMILES string of the molecule is CN(Cc1ncc[nH]1)S(=O)(=O)c1cc(N)ccc1F. The van der Waals surface area contributed by atoms with Crippen molar-refractivity contribution >= 4 is 15.7 Å². The second-order valence-electron chi connectivity index (χ2n) is 3.99. The molecule has 1 heterocycles. The third-order valence-corrected chi connectivity index (χ3v) is 4.39. The molecular formula is C11H13FN4O2S. The minimum absolute atomic E-state index is 0.0174. The molecule has 0 aliphatic heterocycles. The van der Waals surface area contributed by atoms with Gasteiger partial charge < -0.3 is 10.7 Å². The van der Waals surface area contributed by atoms with Gasteiger partial charge in [0, 0.05) is 25.1 Å². The molecule has 0 fully saturated rings. The highest BCUT2D eigenvalue weighted by molar-refractivity contribution is 7.89. The number of hydrogen-bond donors (Lipinski definition) is 2. The molecular weight excluding hydrogens is 271 g/mol. The van der Waals surface area contributed by atoms with Crippen molar-refractivity contribution < 1.29 is 12.8 Å². The topological polar surface area (TPSA) is 92.1 Å². The molecule has 102 valence electrons. The first-order valence-corrected chi connectivity index (χ1v) is 6.85. The Morgan fingerprint density at radius 3 is 2.84 bits per heavy atom.